The molecule has 2 aromatic carbocycles. The van der Waals surface area contributed by atoms with Gasteiger partial charge in [-0.2, -0.15) is 0 Å². The molecule has 2 rings (SSSR count). The van der Waals surface area contributed by atoms with Crippen LogP contribution in [0.1, 0.15) is 31.0 Å². The summed E-state index contributed by atoms with van der Waals surface area (Å²) in [6.07, 6.45) is 0. The van der Waals surface area contributed by atoms with Crippen LogP contribution in [0.2, 0.25) is 5.02 Å². The van der Waals surface area contributed by atoms with Crippen molar-refractivity contribution in [2.24, 2.45) is 0 Å². The highest BCUT2D eigenvalue weighted by molar-refractivity contribution is 6.31. The fourth-order valence-electron chi connectivity index (χ4n) is 2.15. The van der Waals surface area contributed by atoms with E-state index in [-0.39, 0.29) is 17.6 Å². The number of aryl methyl sites for hydroxylation is 1. The van der Waals surface area contributed by atoms with E-state index < -0.39 is 0 Å². The lowest BCUT2D eigenvalue weighted by molar-refractivity contribution is 0.441. The average Bonchev–Trinajstić information content (AvgIpc) is 2.43. The second-order valence-corrected chi connectivity index (χ2v) is 5.41. The van der Waals surface area contributed by atoms with Crippen LogP contribution in [0.5, 0.6) is 11.5 Å². The predicted molar refractivity (Wildman–Crippen MR) is 84.8 cm³/mol. The minimum absolute atomic E-state index is 0.159. The SMILES string of the molecule is CCNC(C)c1ccc(Oc2cc(C)ccc2F)cc1Cl. The van der Waals surface area contributed by atoms with E-state index in [0.717, 1.165) is 17.7 Å². The molecule has 4 heteroatoms. The van der Waals surface area contributed by atoms with Gasteiger partial charge in [-0.05, 0) is 55.8 Å². The fourth-order valence-corrected chi connectivity index (χ4v) is 2.49. The van der Waals surface area contributed by atoms with E-state index in [9.17, 15) is 4.39 Å². The van der Waals surface area contributed by atoms with Crippen LogP contribution in [0.15, 0.2) is 36.4 Å². The Morgan fingerprint density at radius 1 is 1.24 bits per heavy atom. The van der Waals surface area contributed by atoms with Gasteiger partial charge in [0.2, 0.25) is 0 Å². The largest absolute Gasteiger partial charge is 0.454 e. The van der Waals surface area contributed by atoms with Crippen LogP contribution in [0.25, 0.3) is 0 Å². The summed E-state index contributed by atoms with van der Waals surface area (Å²) in [7, 11) is 0. The molecular weight excluding hydrogens is 289 g/mol. The molecule has 0 aliphatic carbocycles. The van der Waals surface area contributed by atoms with Crippen molar-refractivity contribution in [1.29, 1.82) is 0 Å². The number of rotatable bonds is 5. The Morgan fingerprint density at radius 3 is 2.67 bits per heavy atom. The minimum Gasteiger partial charge on any atom is -0.454 e. The summed E-state index contributed by atoms with van der Waals surface area (Å²) in [4.78, 5) is 0. The second kappa shape index (κ2) is 6.92. The van der Waals surface area contributed by atoms with E-state index in [1.165, 1.54) is 6.07 Å². The lowest BCUT2D eigenvalue weighted by Gasteiger charge is -2.15. The zero-order chi connectivity index (χ0) is 15.4. The molecule has 1 unspecified atom stereocenters. The van der Waals surface area contributed by atoms with Gasteiger partial charge >= 0.3 is 0 Å². The Balaban J connectivity index is 2.22. The van der Waals surface area contributed by atoms with Crippen molar-refractivity contribution in [2.75, 3.05) is 6.54 Å². The van der Waals surface area contributed by atoms with Gasteiger partial charge in [0, 0.05) is 11.1 Å². The van der Waals surface area contributed by atoms with E-state index in [0.29, 0.717) is 10.8 Å². The first kappa shape index (κ1) is 15.8. The van der Waals surface area contributed by atoms with Gasteiger partial charge in [-0.3, -0.25) is 0 Å². The molecular formula is C17H19ClFNO. The topological polar surface area (TPSA) is 21.3 Å². The molecule has 0 saturated carbocycles. The summed E-state index contributed by atoms with van der Waals surface area (Å²) < 4.78 is 19.3. The minimum atomic E-state index is -0.387. The van der Waals surface area contributed by atoms with Crippen molar-refractivity contribution in [2.45, 2.75) is 26.8 Å². The van der Waals surface area contributed by atoms with Crippen molar-refractivity contribution in [3.8, 4) is 11.5 Å². The molecule has 0 saturated heterocycles. The zero-order valence-corrected chi connectivity index (χ0v) is 13.2. The van der Waals surface area contributed by atoms with E-state index in [2.05, 4.69) is 5.32 Å². The molecule has 2 nitrogen and oxygen atoms in total. The first-order valence-electron chi connectivity index (χ1n) is 6.98. The summed E-state index contributed by atoms with van der Waals surface area (Å²) >= 11 is 6.28. The molecule has 1 atom stereocenters. The third kappa shape index (κ3) is 3.96. The monoisotopic (exact) mass is 307 g/mol. The van der Waals surface area contributed by atoms with E-state index in [4.69, 9.17) is 16.3 Å². The first-order valence-corrected chi connectivity index (χ1v) is 7.36. The number of nitrogens with one attached hydrogen (secondary N) is 1. The maximum atomic E-state index is 13.7. The maximum Gasteiger partial charge on any atom is 0.165 e. The first-order chi connectivity index (χ1) is 10.0. The van der Waals surface area contributed by atoms with Crippen molar-refractivity contribution >= 4 is 11.6 Å². The lowest BCUT2D eigenvalue weighted by Crippen LogP contribution is -2.17. The highest BCUT2D eigenvalue weighted by Gasteiger charge is 2.11. The molecule has 0 bridgehead atoms. The highest BCUT2D eigenvalue weighted by atomic mass is 35.5. The van der Waals surface area contributed by atoms with Crippen molar-refractivity contribution in [3.63, 3.8) is 0 Å². The summed E-state index contributed by atoms with van der Waals surface area (Å²) in [5, 5.41) is 3.91. The van der Waals surface area contributed by atoms with Crippen LogP contribution in [0, 0.1) is 12.7 Å². The summed E-state index contributed by atoms with van der Waals surface area (Å²) in [6.45, 7) is 6.85. The van der Waals surface area contributed by atoms with Crippen LogP contribution in [-0.4, -0.2) is 6.54 Å². The van der Waals surface area contributed by atoms with Gasteiger partial charge < -0.3 is 10.1 Å². The van der Waals surface area contributed by atoms with Crippen LogP contribution in [0.3, 0.4) is 0 Å². The number of ether oxygens (including phenoxy) is 1. The Hall–Kier alpha value is -1.58. The highest BCUT2D eigenvalue weighted by Crippen LogP contribution is 2.31. The van der Waals surface area contributed by atoms with Gasteiger partial charge in [0.25, 0.3) is 0 Å². The molecule has 1 N–H and O–H groups in total. The third-order valence-electron chi connectivity index (χ3n) is 3.26. The molecule has 2 aromatic rings. The normalized spacial score (nSPS) is 12.2. The Labute approximate surface area is 129 Å². The standard InChI is InChI=1S/C17H19ClFNO/c1-4-20-12(3)14-7-6-13(10-15(14)18)21-17-9-11(2)5-8-16(17)19/h5-10,12,20H,4H2,1-3H3. The van der Waals surface area contributed by atoms with Crippen LogP contribution in [0.4, 0.5) is 4.39 Å². The van der Waals surface area contributed by atoms with Gasteiger partial charge in [-0.1, -0.05) is 30.7 Å². The molecule has 0 aromatic heterocycles. The smallest absolute Gasteiger partial charge is 0.165 e. The lowest BCUT2D eigenvalue weighted by atomic mass is 10.1. The molecule has 112 valence electrons. The average molecular weight is 308 g/mol. The fraction of sp³-hybridized carbons (Fsp3) is 0.294. The van der Waals surface area contributed by atoms with E-state index in [1.54, 1.807) is 24.3 Å². The van der Waals surface area contributed by atoms with Gasteiger partial charge in [0.1, 0.15) is 5.75 Å². The zero-order valence-electron chi connectivity index (χ0n) is 12.4. The Bertz CT molecular complexity index is 630. The maximum absolute atomic E-state index is 13.7. The number of hydrogen-bond donors (Lipinski definition) is 1. The van der Waals surface area contributed by atoms with Gasteiger partial charge in [-0.25, -0.2) is 4.39 Å². The molecule has 0 heterocycles. The summed E-state index contributed by atoms with van der Waals surface area (Å²) in [6, 6.07) is 10.3. The molecule has 0 radical (unpaired) electrons. The molecule has 0 fully saturated rings. The quantitative estimate of drug-likeness (QED) is 0.814. The van der Waals surface area contributed by atoms with Crippen molar-refractivity contribution in [1.82, 2.24) is 5.32 Å². The number of halogens is 2. The molecule has 0 aliphatic heterocycles. The van der Waals surface area contributed by atoms with Crippen LogP contribution in [-0.2, 0) is 0 Å². The van der Waals surface area contributed by atoms with Crippen molar-refractivity contribution < 1.29 is 9.13 Å². The summed E-state index contributed by atoms with van der Waals surface area (Å²) in [5.74, 6) is 0.345. The number of benzene rings is 2. The van der Waals surface area contributed by atoms with Crippen LogP contribution < -0.4 is 10.1 Å². The van der Waals surface area contributed by atoms with Gasteiger partial charge in [-0.15, -0.1) is 0 Å². The van der Waals surface area contributed by atoms with Crippen LogP contribution >= 0.6 is 11.6 Å². The van der Waals surface area contributed by atoms with E-state index in [1.807, 2.05) is 26.8 Å². The third-order valence-corrected chi connectivity index (χ3v) is 3.59. The predicted octanol–water partition coefficient (Wildman–Crippen LogP) is 5.25. The Kier molecular flexibility index (Phi) is 5.21. The molecule has 0 spiro atoms. The van der Waals surface area contributed by atoms with E-state index >= 15 is 0 Å². The molecule has 0 amide bonds. The summed E-state index contributed by atoms with van der Waals surface area (Å²) in [5.41, 5.74) is 1.94. The molecule has 21 heavy (non-hydrogen) atoms. The second-order valence-electron chi connectivity index (χ2n) is 5.00. The van der Waals surface area contributed by atoms with Crippen molar-refractivity contribution in [3.05, 3.63) is 58.4 Å². The molecule has 0 aliphatic rings. The van der Waals surface area contributed by atoms with Gasteiger partial charge in [0.05, 0.1) is 0 Å². The number of hydrogen-bond acceptors (Lipinski definition) is 2. The Morgan fingerprint density at radius 2 is 2.00 bits per heavy atom. The van der Waals surface area contributed by atoms with Gasteiger partial charge in [0.15, 0.2) is 11.6 Å².